The molecule has 0 bridgehead atoms. The normalized spacial score (nSPS) is 20.2. The van der Waals surface area contributed by atoms with Crippen molar-refractivity contribution in [3.63, 3.8) is 0 Å². The molecule has 2 heterocycles. The van der Waals surface area contributed by atoms with Gasteiger partial charge in [-0.25, -0.2) is 4.98 Å². The molecule has 0 unspecified atom stereocenters. The van der Waals surface area contributed by atoms with Crippen LogP contribution in [-0.4, -0.2) is 27.6 Å². The third-order valence-electron chi connectivity index (χ3n) is 5.17. The molecule has 26 heavy (non-hydrogen) atoms. The van der Waals surface area contributed by atoms with Crippen molar-refractivity contribution in [2.75, 3.05) is 11.9 Å². The molecule has 0 aliphatic heterocycles. The fourth-order valence-corrected chi connectivity index (χ4v) is 4.18. The summed E-state index contributed by atoms with van der Waals surface area (Å²) in [6.07, 6.45) is 7.15. The number of nitrogens with zero attached hydrogens (tertiary/aromatic N) is 2. The molecule has 1 amide bonds. The molecule has 4 rings (SSSR count). The van der Waals surface area contributed by atoms with Crippen LogP contribution in [0, 0.1) is 11.8 Å². The largest absolute Gasteiger partial charge is 0.396 e. The Morgan fingerprint density at radius 1 is 1.15 bits per heavy atom. The summed E-state index contributed by atoms with van der Waals surface area (Å²) in [4.78, 5) is 22.2. The van der Waals surface area contributed by atoms with Crippen molar-refractivity contribution in [2.24, 2.45) is 11.8 Å². The van der Waals surface area contributed by atoms with Gasteiger partial charge in [-0.1, -0.05) is 12.1 Å². The Labute approximate surface area is 156 Å². The predicted octanol–water partition coefficient (Wildman–Crippen LogP) is 4.10. The third kappa shape index (κ3) is 3.61. The van der Waals surface area contributed by atoms with Gasteiger partial charge in [0.2, 0.25) is 5.91 Å². The summed E-state index contributed by atoms with van der Waals surface area (Å²) < 4.78 is 0. The molecule has 1 fully saturated rings. The number of amides is 1. The molecule has 1 saturated carbocycles. The predicted molar refractivity (Wildman–Crippen MR) is 104 cm³/mol. The lowest BCUT2D eigenvalue weighted by Crippen LogP contribution is -2.28. The third-order valence-corrected chi connectivity index (χ3v) is 5.99. The Hall–Kier alpha value is -2.31. The number of carbonyl (C=O) groups excluding carboxylic acids is 1. The molecular weight excluding hydrogens is 346 g/mol. The van der Waals surface area contributed by atoms with Gasteiger partial charge < -0.3 is 10.4 Å². The quantitative estimate of drug-likeness (QED) is 0.728. The fraction of sp³-hybridized carbons (Fsp3) is 0.350. The number of rotatable bonds is 4. The number of carbonyl (C=O) groups is 1. The van der Waals surface area contributed by atoms with Crippen LogP contribution in [0.15, 0.2) is 42.2 Å². The highest BCUT2D eigenvalue weighted by atomic mass is 32.1. The van der Waals surface area contributed by atoms with Gasteiger partial charge in [-0.3, -0.25) is 9.78 Å². The van der Waals surface area contributed by atoms with E-state index < -0.39 is 0 Å². The van der Waals surface area contributed by atoms with Crippen molar-refractivity contribution >= 4 is 33.8 Å². The average molecular weight is 367 g/mol. The maximum Gasteiger partial charge on any atom is 0.228 e. The minimum absolute atomic E-state index is 0.0128. The number of pyridine rings is 1. The zero-order chi connectivity index (χ0) is 17.9. The summed E-state index contributed by atoms with van der Waals surface area (Å²) in [5.74, 6) is 0.988. The second-order valence-corrected chi connectivity index (χ2v) is 7.77. The molecule has 1 aliphatic rings. The molecule has 5 nitrogen and oxygen atoms in total. The van der Waals surface area contributed by atoms with Crippen LogP contribution < -0.4 is 5.32 Å². The standard InChI is InChI=1S/C20H21N3O2S/c24-11-13-1-3-14(4-2-13)20(25)23-19-8-17-7-15(18-10-21-12-26-18)5-6-16(17)9-22-19/h5-10,12-14,24H,1-4,11H2,(H,22,23,25)/t13-,14-. The number of anilines is 1. The lowest BCUT2D eigenvalue weighted by molar-refractivity contribution is -0.121. The van der Waals surface area contributed by atoms with Crippen molar-refractivity contribution in [1.29, 1.82) is 0 Å². The topological polar surface area (TPSA) is 75.1 Å². The minimum atomic E-state index is 0.0128. The molecule has 3 aromatic rings. The van der Waals surface area contributed by atoms with E-state index in [-0.39, 0.29) is 18.4 Å². The SMILES string of the molecule is O=C(Nc1cc2cc(-c3cncs3)ccc2cn1)[C@H]1CC[C@H](CO)CC1. The summed E-state index contributed by atoms with van der Waals surface area (Å²) >= 11 is 1.61. The molecule has 0 saturated heterocycles. The molecule has 0 atom stereocenters. The Balaban J connectivity index is 1.50. The average Bonchev–Trinajstić information content (AvgIpc) is 3.22. The number of thiazole rings is 1. The first-order valence-corrected chi connectivity index (χ1v) is 9.81. The molecule has 0 spiro atoms. The van der Waals surface area contributed by atoms with Crippen LogP contribution in [0.5, 0.6) is 0 Å². The lowest BCUT2D eigenvalue weighted by atomic mass is 9.82. The second-order valence-electron chi connectivity index (χ2n) is 6.89. The molecule has 134 valence electrons. The summed E-state index contributed by atoms with van der Waals surface area (Å²) in [5.41, 5.74) is 2.94. The number of hydrogen-bond donors (Lipinski definition) is 2. The zero-order valence-corrected chi connectivity index (χ0v) is 15.2. The van der Waals surface area contributed by atoms with E-state index in [9.17, 15) is 9.90 Å². The van der Waals surface area contributed by atoms with Crippen LogP contribution in [0.1, 0.15) is 25.7 Å². The first kappa shape index (κ1) is 17.1. The van der Waals surface area contributed by atoms with Crippen LogP contribution in [0.2, 0.25) is 0 Å². The van der Waals surface area contributed by atoms with Gasteiger partial charge in [0, 0.05) is 30.3 Å². The van der Waals surface area contributed by atoms with Gasteiger partial charge >= 0.3 is 0 Å². The Bertz CT molecular complexity index is 903. The van der Waals surface area contributed by atoms with E-state index in [4.69, 9.17) is 0 Å². The zero-order valence-electron chi connectivity index (χ0n) is 14.4. The monoisotopic (exact) mass is 367 g/mol. The lowest BCUT2D eigenvalue weighted by Gasteiger charge is -2.26. The van der Waals surface area contributed by atoms with E-state index in [1.54, 1.807) is 17.5 Å². The van der Waals surface area contributed by atoms with E-state index in [1.165, 1.54) is 0 Å². The summed E-state index contributed by atoms with van der Waals surface area (Å²) in [5, 5.41) is 14.3. The first-order chi connectivity index (χ1) is 12.7. The van der Waals surface area contributed by atoms with Crippen molar-refractivity contribution in [3.8, 4) is 10.4 Å². The van der Waals surface area contributed by atoms with Gasteiger partial charge in [-0.05, 0) is 54.7 Å². The van der Waals surface area contributed by atoms with Crippen LogP contribution in [0.4, 0.5) is 5.82 Å². The maximum absolute atomic E-state index is 12.5. The van der Waals surface area contributed by atoms with Crippen LogP contribution in [0.25, 0.3) is 21.2 Å². The van der Waals surface area contributed by atoms with Gasteiger partial charge in [0.15, 0.2) is 0 Å². The van der Waals surface area contributed by atoms with Gasteiger partial charge in [-0.2, -0.15) is 0 Å². The highest BCUT2D eigenvalue weighted by Gasteiger charge is 2.26. The molecular formula is C20H21N3O2S. The minimum Gasteiger partial charge on any atom is -0.396 e. The number of aliphatic hydroxyl groups is 1. The van der Waals surface area contributed by atoms with Gasteiger partial charge in [0.1, 0.15) is 5.82 Å². The summed E-state index contributed by atoms with van der Waals surface area (Å²) in [6.45, 7) is 0.225. The van der Waals surface area contributed by atoms with E-state index in [2.05, 4.69) is 27.4 Å². The highest BCUT2D eigenvalue weighted by molar-refractivity contribution is 7.13. The Morgan fingerprint density at radius 3 is 2.73 bits per heavy atom. The maximum atomic E-state index is 12.5. The Kier molecular flexibility index (Phi) is 4.95. The van der Waals surface area contributed by atoms with Gasteiger partial charge in [0.25, 0.3) is 0 Å². The highest BCUT2D eigenvalue weighted by Crippen LogP contribution is 2.30. The van der Waals surface area contributed by atoms with E-state index in [0.717, 1.165) is 46.9 Å². The number of benzene rings is 1. The van der Waals surface area contributed by atoms with Crippen LogP contribution in [-0.2, 0) is 4.79 Å². The number of fused-ring (bicyclic) bond motifs is 1. The molecule has 2 aromatic heterocycles. The number of aliphatic hydroxyl groups excluding tert-OH is 1. The van der Waals surface area contributed by atoms with Gasteiger partial charge in [-0.15, -0.1) is 11.3 Å². The van der Waals surface area contributed by atoms with E-state index in [1.807, 2.05) is 23.8 Å². The van der Waals surface area contributed by atoms with E-state index in [0.29, 0.717) is 11.7 Å². The van der Waals surface area contributed by atoms with Gasteiger partial charge in [0.05, 0.1) is 10.4 Å². The molecule has 2 N–H and O–H groups in total. The molecule has 1 aromatic carbocycles. The second kappa shape index (κ2) is 7.51. The summed E-state index contributed by atoms with van der Waals surface area (Å²) in [7, 11) is 0. The van der Waals surface area contributed by atoms with Crippen molar-refractivity contribution in [1.82, 2.24) is 9.97 Å². The fourth-order valence-electron chi connectivity index (χ4n) is 3.56. The molecule has 6 heteroatoms. The first-order valence-electron chi connectivity index (χ1n) is 8.93. The van der Waals surface area contributed by atoms with Crippen molar-refractivity contribution < 1.29 is 9.90 Å². The smallest absolute Gasteiger partial charge is 0.228 e. The number of hydrogen-bond acceptors (Lipinski definition) is 5. The van der Waals surface area contributed by atoms with Crippen molar-refractivity contribution in [2.45, 2.75) is 25.7 Å². The summed E-state index contributed by atoms with van der Waals surface area (Å²) in [6, 6.07) is 8.14. The number of aromatic nitrogens is 2. The molecule has 1 aliphatic carbocycles. The van der Waals surface area contributed by atoms with Crippen LogP contribution in [0.3, 0.4) is 0 Å². The Morgan fingerprint density at radius 2 is 2.00 bits per heavy atom. The van der Waals surface area contributed by atoms with E-state index >= 15 is 0 Å². The molecule has 0 radical (unpaired) electrons. The van der Waals surface area contributed by atoms with Crippen LogP contribution >= 0.6 is 11.3 Å². The number of nitrogens with one attached hydrogen (secondary N) is 1. The van der Waals surface area contributed by atoms with Crippen molar-refractivity contribution in [3.05, 3.63) is 42.2 Å².